The van der Waals surface area contributed by atoms with Gasteiger partial charge in [0.05, 0.1) is 0 Å². The van der Waals surface area contributed by atoms with Gasteiger partial charge in [0.25, 0.3) is 0 Å². The molecule has 1 aromatic rings. The van der Waals surface area contributed by atoms with Crippen molar-refractivity contribution in [2.24, 2.45) is 5.92 Å². The largest absolute Gasteiger partial charge is 0.370 e. The lowest BCUT2D eigenvalue weighted by atomic mass is 9.89. The summed E-state index contributed by atoms with van der Waals surface area (Å²) in [7, 11) is 0. The molecular weight excluding hydrogens is 236 g/mol. The van der Waals surface area contributed by atoms with Crippen molar-refractivity contribution in [1.82, 2.24) is 9.97 Å². The monoisotopic (exact) mass is 262 g/mol. The third kappa shape index (κ3) is 3.82. The number of anilines is 2. The number of aromatic nitrogens is 2. The predicted molar refractivity (Wildman–Crippen MR) is 80.7 cm³/mol. The maximum Gasteiger partial charge on any atom is 0.134 e. The zero-order chi connectivity index (χ0) is 13.7. The molecule has 2 N–H and O–H groups in total. The topological polar surface area (TPSA) is 49.8 Å². The Hall–Kier alpha value is -1.32. The minimum Gasteiger partial charge on any atom is -0.370 e. The highest BCUT2D eigenvalue weighted by Gasteiger charge is 2.14. The Morgan fingerprint density at radius 1 is 1.00 bits per heavy atom. The predicted octanol–water partition coefficient (Wildman–Crippen LogP) is 3.52. The summed E-state index contributed by atoms with van der Waals surface area (Å²) in [6, 6.07) is 0. The highest BCUT2D eigenvalue weighted by Crippen LogP contribution is 2.25. The second kappa shape index (κ2) is 6.73. The van der Waals surface area contributed by atoms with Crippen LogP contribution in [0.5, 0.6) is 0 Å². The summed E-state index contributed by atoms with van der Waals surface area (Å²) in [4.78, 5) is 8.99. The molecule has 0 atom stereocenters. The van der Waals surface area contributed by atoms with Gasteiger partial charge in [0.15, 0.2) is 0 Å². The lowest BCUT2D eigenvalue weighted by molar-refractivity contribution is 0.373. The van der Waals surface area contributed by atoms with Crippen LogP contribution in [0.3, 0.4) is 0 Å². The summed E-state index contributed by atoms with van der Waals surface area (Å²) in [6.45, 7) is 8.06. The number of rotatable bonds is 5. The average Bonchev–Trinajstić information content (AvgIpc) is 2.42. The van der Waals surface area contributed by atoms with E-state index in [0.29, 0.717) is 0 Å². The van der Waals surface area contributed by atoms with Crippen LogP contribution in [0.2, 0.25) is 0 Å². The summed E-state index contributed by atoms with van der Waals surface area (Å²) in [5.41, 5.74) is 1.13. The van der Waals surface area contributed by atoms with Gasteiger partial charge >= 0.3 is 0 Å². The number of aryl methyl sites for hydroxylation is 1. The SMILES string of the molecule is CCNc1nc(C)nc(NCC2CCCCC2)c1C. The summed E-state index contributed by atoms with van der Waals surface area (Å²) in [5, 5.41) is 6.84. The number of nitrogens with zero attached hydrogens (tertiary/aromatic N) is 2. The van der Waals surface area contributed by atoms with E-state index >= 15 is 0 Å². The van der Waals surface area contributed by atoms with Gasteiger partial charge in [0, 0.05) is 18.7 Å². The van der Waals surface area contributed by atoms with Crippen molar-refractivity contribution >= 4 is 11.6 Å². The molecule has 4 nitrogen and oxygen atoms in total. The first-order chi connectivity index (χ1) is 9.20. The molecule has 0 amide bonds. The van der Waals surface area contributed by atoms with Crippen molar-refractivity contribution in [3.8, 4) is 0 Å². The normalized spacial score (nSPS) is 16.4. The van der Waals surface area contributed by atoms with Gasteiger partial charge in [-0.3, -0.25) is 0 Å². The van der Waals surface area contributed by atoms with Crippen molar-refractivity contribution in [2.45, 2.75) is 52.9 Å². The molecule has 0 aliphatic heterocycles. The van der Waals surface area contributed by atoms with Crippen LogP contribution in [-0.4, -0.2) is 23.1 Å². The van der Waals surface area contributed by atoms with Crippen molar-refractivity contribution in [3.63, 3.8) is 0 Å². The van der Waals surface area contributed by atoms with Crippen LogP contribution in [0, 0.1) is 19.8 Å². The van der Waals surface area contributed by atoms with E-state index in [1.54, 1.807) is 0 Å². The van der Waals surface area contributed by atoms with Crippen LogP contribution < -0.4 is 10.6 Å². The van der Waals surface area contributed by atoms with E-state index in [-0.39, 0.29) is 0 Å². The van der Waals surface area contributed by atoms with Crippen molar-refractivity contribution < 1.29 is 0 Å². The first-order valence-corrected chi connectivity index (χ1v) is 7.53. The molecule has 1 fully saturated rings. The second-order valence-corrected chi connectivity index (χ2v) is 5.51. The standard InChI is InChI=1S/C15H26N4/c1-4-16-14-11(2)15(19-12(3)18-14)17-10-13-8-6-5-7-9-13/h13H,4-10H2,1-3H3,(H2,16,17,18,19). The quantitative estimate of drug-likeness (QED) is 0.852. The van der Waals surface area contributed by atoms with Crippen molar-refractivity contribution in [3.05, 3.63) is 11.4 Å². The van der Waals surface area contributed by atoms with Crippen LogP contribution in [0.4, 0.5) is 11.6 Å². The van der Waals surface area contributed by atoms with E-state index in [1.807, 2.05) is 6.92 Å². The maximum atomic E-state index is 4.54. The fourth-order valence-electron chi connectivity index (χ4n) is 2.77. The highest BCUT2D eigenvalue weighted by molar-refractivity contribution is 5.57. The van der Waals surface area contributed by atoms with E-state index < -0.39 is 0 Å². The third-order valence-electron chi connectivity index (χ3n) is 3.88. The zero-order valence-corrected chi connectivity index (χ0v) is 12.4. The molecule has 0 saturated heterocycles. The zero-order valence-electron chi connectivity index (χ0n) is 12.4. The summed E-state index contributed by atoms with van der Waals surface area (Å²) >= 11 is 0. The molecule has 0 spiro atoms. The van der Waals surface area contributed by atoms with Gasteiger partial charge in [0.2, 0.25) is 0 Å². The molecule has 0 bridgehead atoms. The Morgan fingerprint density at radius 2 is 1.63 bits per heavy atom. The Labute approximate surface area is 116 Å². The summed E-state index contributed by atoms with van der Waals surface area (Å²) in [5.74, 6) is 3.59. The molecule has 106 valence electrons. The van der Waals surface area contributed by atoms with Gasteiger partial charge in [-0.05, 0) is 39.5 Å². The molecule has 1 saturated carbocycles. The van der Waals surface area contributed by atoms with Crippen LogP contribution in [0.1, 0.15) is 50.4 Å². The molecule has 4 heteroatoms. The smallest absolute Gasteiger partial charge is 0.134 e. The van der Waals surface area contributed by atoms with Gasteiger partial charge < -0.3 is 10.6 Å². The summed E-state index contributed by atoms with van der Waals surface area (Å²) < 4.78 is 0. The average molecular weight is 262 g/mol. The minimum absolute atomic E-state index is 0.811. The van der Waals surface area contributed by atoms with Gasteiger partial charge in [-0.2, -0.15) is 0 Å². The fourth-order valence-corrected chi connectivity index (χ4v) is 2.77. The molecular formula is C15H26N4. The fraction of sp³-hybridized carbons (Fsp3) is 0.733. The van der Waals surface area contributed by atoms with Crippen LogP contribution in [0.25, 0.3) is 0 Å². The van der Waals surface area contributed by atoms with E-state index in [4.69, 9.17) is 0 Å². The first kappa shape index (κ1) is 14.1. The maximum absolute atomic E-state index is 4.54. The lowest BCUT2D eigenvalue weighted by Crippen LogP contribution is -2.19. The minimum atomic E-state index is 0.811. The molecule has 0 unspecified atom stereocenters. The highest BCUT2D eigenvalue weighted by atomic mass is 15.1. The van der Waals surface area contributed by atoms with Gasteiger partial charge in [-0.15, -0.1) is 0 Å². The number of nitrogens with one attached hydrogen (secondary N) is 2. The lowest BCUT2D eigenvalue weighted by Gasteiger charge is -2.22. The Morgan fingerprint density at radius 3 is 2.26 bits per heavy atom. The van der Waals surface area contributed by atoms with E-state index in [9.17, 15) is 0 Å². The second-order valence-electron chi connectivity index (χ2n) is 5.51. The molecule has 19 heavy (non-hydrogen) atoms. The molecule has 0 aromatic carbocycles. The molecule has 1 aliphatic carbocycles. The van der Waals surface area contributed by atoms with Crippen LogP contribution in [-0.2, 0) is 0 Å². The Kier molecular flexibility index (Phi) is 5.00. The van der Waals surface area contributed by atoms with Crippen LogP contribution in [0.15, 0.2) is 0 Å². The molecule has 1 aromatic heterocycles. The molecule has 0 radical (unpaired) electrons. The van der Waals surface area contributed by atoms with Crippen LogP contribution >= 0.6 is 0 Å². The van der Waals surface area contributed by atoms with Gasteiger partial charge in [-0.25, -0.2) is 9.97 Å². The molecule has 1 heterocycles. The Bertz CT molecular complexity index is 411. The Balaban J connectivity index is 2.02. The molecule has 1 aliphatic rings. The third-order valence-corrected chi connectivity index (χ3v) is 3.88. The van der Waals surface area contributed by atoms with E-state index in [0.717, 1.165) is 42.0 Å². The summed E-state index contributed by atoms with van der Waals surface area (Å²) in [6.07, 6.45) is 6.90. The first-order valence-electron chi connectivity index (χ1n) is 7.53. The van der Waals surface area contributed by atoms with E-state index in [2.05, 4.69) is 34.4 Å². The van der Waals surface area contributed by atoms with Crippen molar-refractivity contribution in [1.29, 1.82) is 0 Å². The van der Waals surface area contributed by atoms with Gasteiger partial charge in [-0.1, -0.05) is 19.3 Å². The van der Waals surface area contributed by atoms with E-state index in [1.165, 1.54) is 32.1 Å². The van der Waals surface area contributed by atoms with Gasteiger partial charge in [0.1, 0.15) is 17.5 Å². The number of hydrogen-bond donors (Lipinski definition) is 2. The number of hydrogen-bond acceptors (Lipinski definition) is 4. The molecule has 2 rings (SSSR count). The van der Waals surface area contributed by atoms with Crippen molar-refractivity contribution in [2.75, 3.05) is 23.7 Å².